The number of nitrogen functional groups attached to an aromatic ring is 1. The Labute approximate surface area is 186 Å². The van der Waals surface area contributed by atoms with Crippen molar-refractivity contribution in [3.63, 3.8) is 0 Å². The van der Waals surface area contributed by atoms with Crippen LogP contribution in [0.25, 0.3) is 0 Å². The lowest BCUT2D eigenvalue weighted by atomic mass is 10.1. The van der Waals surface area contributed by atoms with Gasteiger partial charge in [0.05, 0.1) is 13.1 Å². The first-order chi connectivity index (χ1) is 15.3. The summed E-state index contributed by atoms with van der Waals surface area (Å²) in [4.78, 5) is 43.6. The Balaban J connectivity index is 1.84. The maximum Gasteiger partial charge on any atom is 0.330 e. The zero-order chi connectivity index (χ0) is 23.3. The summed E-state index contributed by atoms with van der Waals surface area (Å²) in [6, 6.07) is 17.4. The number of carbonyl (C=O) groups excluding carboxylic acids is 1. The third kappa shape index (κ3) is 5.33. The summed E-state index contributed by atoms with van der Waals surface area (Å²) >= 11 is 0. The van der Waals surface area contributed by atoms with Gasteiger partial charge in [-0.25, -0.2) is 4.79 Å². The number of benzene rings is 2. The number of likely N-dealkylation sites (N-methyl/N-ethyl adjacent to an activating group) is 2. The number of H-pyrrole nitrogens is 1. The Bertz CT molecular complexity index is 1180. The third-order valence-electron chi connectivity index (χ3n) is 5.26. The molecule has 1 amide bonds. The number of nitrogens with one attached hydrogen (secondary N) is 1. The van der Waals surface area contributed by atoms with Crippen molar-refractivity contribution in [2.75, 3.05) is 30.8 Å². The molecule has 32 heavy (non-hydrogen) atoms. The van der Waals surface area contributed by atoms with Gasteiger partial charge in [-0.3, -0.25) is 24.0 Å². The molecule has 3 rings (SSSR count). The highest BCUT2D eigenvalue weighted by Gasteiger charge is 2.24. The lowest BCUT2D eigenvalue weighted by molar-refractivity contribution is -0.119. The quantitative estimate of drug-likeness (QED) is 0.563. The molecule has 1 heterocycles. The number of hydrogen-bond acceptors (Lipinski definition) is 5. The largest absolute Gasteiger partial charge is 0.383 e. The second-order valence-electron chi connectivity index (χ2n) is 7.86. The number of nitrogens with two attached hydrogens (primary N) is 1. The average Bonchev–Trinajstić information content (AvgIpc) is 2.76. The summed E-state index contributed by atoms with van der Waals surface area (Å²) in [7, 11) is 1.84. The van der Waals surface area contributed by atoms with Crippen molar-refractivity contribution >= 4 is 17.4 Å². The molecule has 0 aliphatic heterocycles. The lowest BCUT2D eigenvalue weighted by Gasteiger charge is -2.25. The zero-order valence-electron chi connectivity index (χ0n) is 18.7. The SMILES string of the molecule is CCN(C(=O)CN(C)Cc1ccc(C)cc1)c1c(N)n(Cc2ccccc2)c(=O)[nH]c1=O. The second kappa shape index (κ2) is 10.1. The third-order valence-corrected chi connectivity index (χ3v) is 5.26. The van der Waals surface area contributed by atoms with E-state index in [2.05, 4.69) is 4.98 Å². The van der Waals surface area contributed by atoms with Gasteiger partial charge in [-0.1, -0.05) is 60.2 Å². The summed E-state index contributed by atoms with van der Waals surface area (Å²) in [5, 5.41) is 0. The molecule has 8 heteroatoms. The number of amides is 1. The van der Waals surface area contributed by atoms with Crippen LogP contribution in [0.1, 0.15) is 23.6 Å². The number of aryl methyl sites for hydroxylation is 1. The number of aromatic amines is 1. The molecule has 3 N–H and O–H groups in total. The molecule has 0 aliphatic carbocycles. The molecular formula is C24H29N5O3. The van der Waals surface area contributed by atoms with Crippen molar-refractivity contribution in [3.8, 4) is 0 Å². The summed E-state index contributed by atoms with van der Waals surface area (Å²) < 4.78 is 1.28. The van der Waals surface area contributed by atoms with E-state index in [1.165, 1.54) is 15.0 Å². The van der Waals surface area contributed by atoms with Gasteiger partial charge < -0.3 is 10.6 Å². The van der Waals surface area contributed by atoms with Crippen molar-refractivity contribution in [2.24, 2.45) is 0 Å². The summed E-state index contributed by atoms with van der Waals surface area (Å²) in [5.41, 5.74) is 8.07. The zero-order valence-corrected chi connectivity index (χ0v) is 18.7. The van der Waals surface area contributed by atoms with Crippen molar-refractivity contribution < 1.29 is 4.79 Å². The molecule has 3 aromatic rings. The topological polar surface area (TPSA) is 104 Å². The van der Waals surface area contributed by atoms with Crippen LogP contribution in [0.3, 0.4) is 0 Å². The van der Waals surface area contributed by atoms with Gasteiger partial charge in [-0.15, -0.1) is 0 Å². The lowest BCUT2D eigenvalue weighted by Crippen LogP contribution is -2.44. The fraction of sp³-hybridized carbons (Fsp3) is 0.292. The Morgan fingerprint density at radius 3 is 2.31 bits per heavy atom. The predicted molar refractivity (Wildman–Crippen MR) is 127 cm³/mol. The van der Waals surface area contributed by atoms with E-state index in [1.54, 1.807) is 6.92 Å². The van der Waals surface area contributed by atoms with Crippen LogP contribution in [0.5, 0.6) is 0 Å². The predicted octanol–water partition coefficient (Wildman–Crippen LogP) is 1.96. The van der Waals surface area contributed by atoms with E-state index in [9.17, 15) is 14.4 Å². The van der Waals surface area contributed by atoms with Gasteiger partial charge in [0.25, 0.3) is 5.56 Å². The minimum absolute atomic E-state index is 0.00299. The van der Waals surface area contributed by atoms with E-state index in [0.717, 1.165) is 11.1 Å². The molecule has 0 saturated carbocycles. The summed E-state index contributed by atoms with van der Waals surface area (Å²) in [6.07, 6.45) is 0. The van der Waals surface area contributed by atoms with Crippen LogP contribution < -0.4 is 21.9 Å². The highest BCUT2D eigenvalue weighted by atomic mass is 16.2. The molecule has 0 saturated heterocycles. The molecule has 2 aromatic carbocycles. The number of hydrogen-bond donors (Lipinski definition) is 2. The normalized spacial score (nSPS) is 11.0. The first-order valence-electron chi connectivity index (χ1n) is 10.5. The molecule has 0 fully saturated rings. The molecule has 1 aromatic heterocycles. The minimum atomic E-state index is -0.673. The second-order valence-corrected chi connectivity index (χ2v) is 7.86. The molecule has 0 aliphatic rings. The van der Waals surface area contributed by atoms with Gasteiger partial charge in [0.15, 0.2) is 5.69 Å². The van der Waals surface area contributed by atoms with Crippen molar-refractivity contribution in [1.82, 2.24) is 14.5 Å². The van der Waals surface area contributed by atoms with E-state index in [1.807, 2.05) is 73.5 Å². The number of rotatable bonds is 8. The Morgan fingerprint density at radius 1 is 1.03 bits per heavy atom. The number of aromatic nitrogens is 2. The van der Waals surface area contributed by atoms with Gasteiger partial charge in [-0.2, -0.15) is 0 Å². The molecule has 8 nitrogen and oxygen atoms in total. The van der Waals surface area contributed by atoms with Gasteiger partial charge in [0, 0.05) is 13.1 Å². The first kappa shape index (κ1) is 23.0. The van der Waals surface area contributed by atoms with E-state index in [0.29, 0.717) is 6.54 Å². The highest BCUT2D eigenvalue weighted by Crippen LogP contribution is 2.18. The van der Waals surface area contributed by atoms with Gasteiger partial charge in [0.1, 0.15) is 5.82 Å². The first-order valence-corrected chi connectivity index (χ1v) is 10.5. The minimum Gasteiger partial charge on any atom is -0.383 e. The van der Waals surface area contributed by atoms with Crippen molar-refractivity contribution in [2.45, 2.75) is 26.9 Å². The van der Waals surface area contributed by atoms with Crippen LogP contribution >= 0.6 is 0 Å². The summed E-state index contributed by atoms with van der Waals surface area (Å²) in [5.74, 6) is -0.303. The van der Waals surface area contributed by atoms with Crippen molar-refractivity contribution in [3.05, 3.63) is 92.1 Å². The maximum absolute atomic E-state index is 13.1. The van der Waals surface area contributed by atoms with E-state index < -0.39 is 11.2 Å². The molecule has 0 unspecified atom stereocenters. The molecule has 0 spiro atoms. The monoisotopic (exact) mass is 435 g/mol. The molecule has 168 valence electrons. The Morgan fingerprint density at radius 2 is 1.69 bits per heavy atom. The van der Waals surface area contributed by atoms with Crippen LogP contribution in [-0.2, 0) is 17.9 Å². The maximum atomic E-state index is 13.1. The van der Waals surface area contributed by atoms with Crippen LogP contribution in [0.15, 0.2) is 64.2 Å². The fourth-order valence-corrected chi connectivity index (χ4v) is 3.60. The molecule has 0 bridgehead atoms. The Hall–Kier alpha value is -3.65. The van der Waals surface area contributed by atoms with Crippen LogP contribution in [0, 0.1) is 6.92 Å². The average molecular weight is 436 g/mol. The molecular weight excluding hydrogens is 406 g/mol. The van der Waals surface area contributed by atoms with Gasteiger partial charge in [-0.05, 0) is 32.0 Å². The molecule has 0 radical (unpaired) electrons. The van der Waals surface area contributed by atoms with E-state index >= 15 is 0 Å². The summed E-state index contributed by atoms with van der Waals surface area (Å²) in [6.45, 7) is 4.91. The van der Waals surface area contributed by atoms with Crippen LogP contribution in [0.2, 0.25) is 0 Å². The number of anilines is 2. The number of carbonyl (C=O) groups is 1. The smallest absolute Gasteiger partial charge is 0.330 e. The number of nitrogens with zero attached hydrogens (tertiary/aromatic N) is 3. The fourth-order valence-electron chi connectivity index (χ4n) is 3.60. The van der Waals surface area contributed by atoms with Gasteiger partial charge in [0.2, 0.25) is 5.91 Å². The van der Waals surface area contributed by atoms with E-state index in [-0.39, 0.29) is 37.0 Å². The standard InChI is InChI=1S/C24H29N5O3/c1-4-28(20(30)16-27(3)14-19-12-10-17(2)11-13-19)21-22(25)29(24(32)26-23(21)31)15-18-8-6-5-7-9-18/h5-13H,4,14-16,25H2,1-3H3,(H,26,31,32). The van der Waals surface area contributed by atoms with Gasteiger partial charge >= 0.3 is 5.69 Å². The molecule has 0 atom stereocenters. The highest BCUT2D eigenvalue weighted by molar-refractivity contribution is 5.96. The van der Waals surface area contributed by atoms with Crippen molar-refractivity contribution in [1.29, 1.82) is 0 Å². The van der Waals surface area contributed by atoms with Crippen LogP contribution in [-0.4, -0.2) is 40.5 Å². The Kier molecular flexibility index (Phi) is 7.27. The van der Waals surface area contributed by atoms with E-state index in [4.69, 9.17) is 5.73 Å². The van der Waals surface area contributed by atoms with Crippen LogP contribution in [0.4, 0.5) is 11.5 Å².